The van der Waals surface area contributed by atoms with E-state index < -0.39 is 0 Å². The highest BCUT2D eigenvalue weighted by Crippen LogP contribution is 2.25. The number of carbonyl (C=O) groups is 1. The molecule has 1 N–H and O–H groups in total. The molecule has 6 heteroatoms. The summed E-state index contributed by atoms with van der Waals surface area (Å²) in [5, 5.41) is 3.02. The van der Waals surface area contributed by atoms with E-state index in [1.165, 1.54) is 5.56 Å². The van der Waals surface area contributed by atoms with Gasteiger partial charge in [-0.3, -0.25) is 0 Å². The third-order valence-electron chi connectivity index (χ3n) is 5.83. The van der Waals surface area contributed by atoms with Crippen molar-refractivity contribution >= 4 is 11.8 Å². The molecule has 3 aromatic rings. The van der Waals surface area contributed by atoms with Crippen molar-refractivity contribution in [1.82, 2.24) is 20.2 Å². The number of rotatable bonds is 4. The van der Waals surface area contributed by atoms with Gasteiger partial charge in [0.15, 0.2) is 5.82 Å². The van der Waals surface area contributed by atoms with E-state index in [-0.39, 0.29) is 6.03 Å². The maximum atomic E-state index is 12.6. The molecule has 0 aliphatic carbocycles. The second-order valence-electron chi connectivity index (χ2n) is 8.07. The van der Waals surface area contributed by atoms with Crippen LogP contribution < -0.4 is 10.2 Å². The number of aryl methyl sites for hydroxylation is 2. The predicted octanol–water partition coefficient (Wildman–Crippen LogP) is 4.10. The number of benzene rings is 2. The SMILES string of the molecule is Cc1ccc(-c2nc(C)c(C)c(N3CCN(C(=O)NCc4ccccc4)CC3)n2)cc1. The monoisotopic (exact) mass is 415 g/mol. The van der Waals surface area contributed by atoms with E-state index in [0.29, 0.717) is 19.6 Å². The van der Waals surface area contributed by atoms with Gasteiger partial charge in [0.2, 0.25) is 0 Å². The first-order chi connectivity index (χ1) is 15.0. The first-order valence-corrected chi connectivity index (χ1v) is 10.7. The van der Waals surface area contributed by atoms with E-state index in [2.05, 4.69) is 48.3 Å². The van der Waals surface area contributed by atoms with Crippen LogP contribution in [-0.2, 0) is 6.54 Å². The zero-order chi connectivity index (χ0) is 21.8. The Balaban J connectivity index is 1.42. The van der Waals surface area contributed by atoms with Crippen LogP contribution in [0.3, 0.4) is 0 Å². The lowest BCUT2D eigenvalue weighted by molar-refractivity contribution is 0.194. The van der Waals surface area contributed by atoms with Crippen LogP contribution in [0, 0.1) is 20.8 Å². The van der Waals surface area contributed by atoms with Gasteiger partial charge < -0.3 is 15.1 Å². The molecule has 0 atom stereocenters. The lowest BCUT2D eigenvalue weighted by atomic mass is 10.1. The molecular weight excluding hydrogens is 386 g/mol. The largest absolute Gasteiger partial charge is 0.353 e. The number of piperazine rings is 1. The number of carbonyl (C=O) groups excluding carboxylic acids is 1. The summed E-state index contributed by atoms with van der Waals surface area (Å²) in [6.07, 6.45) is 0. The zero-order valence-corrected chi connectivity index (χ0v) is 18.4. The number of hydrogen-bond acceptors (Lipinski definition) is 4. The summed E-state index contributed by atoms with van der Waals surface area (Å²) in [7, 11) is 0. The molecule has 2 amide bonds. The lowest BCUT2D eigenvalue weighted by Crippen LogP contribution is -2.52. The van der Waals surface area contributed by atoms with Gasteiger partial charge in [-0.2, -0.15) is 0 Å². The molecular formula is C25H29N5O. The molecule has 0 radical (unpaired) electrons. The van der Waals surface area contributed by atoms with Gasteiger partial charge in [0.25, 0.3) is 0 Å². The van der Waals surface area contributed by atoms with E-state index >= 15 is 0 Å². The Morgan fingerprint density at radius 3 is 2.26 bits per heavy atom. The highest BCUT2D eigenvalue weighted by molar-refractivity contribution is 5.74. The Morgan fingerprint density at radius 1 is 0.903 bits per heavy atom. The molecule has 31 heavy (non-hydrogen) atoms. The molecule has 1 aromatic heterocycles. The number of amides is 2. The normalized spacial score (nSPS) is 13.9. The minimum atomic E-state index is -0.0144. The van der Waals surface area contributed by atoms with Gasteiger partial charge in [-0.25, -0.2) is 14.8 Å². The van der Waals surface area contributed by atoms with Crippen LogP contribution in [-0.4, -0.2) is 47.1 Å². The van der Waals surface area contributed by atoms with E-state index in [4.69, 9.17) is 9.97 Å². The molecule has 1 fully saturated rings. The Kier molecular flexibility index (Phi) is 6.16. The minimum absolute atomic E-state index is 0.0144. The Bertz CT molecular complexity index is 1040. The van der Waals surface area contributed by atoms with Crippen LogP contribution in [0.4, 0.5) is 10.6 Å². The summed E-state index contributed by atoms with van der Waals surface area (Å²) in [4.78, 5) is 26.3. The van der Waals surface area contributed by atoms with Crippen molar-refractivity contribution in [2.75, 3.05) is 31.1 Å². The highest BCUT2D eigenvalue weighted by atomic mass is 16.2. The van der Waals surface area contributed by atoms with Crippen molar-refractivity contribution in [2.45, 2.75) is 27.3 Å². The van der Waals surface area contributed by atoms with Gasteiger partial charge in [0.1, 0.15) is 5.82 Å². The second-order valence-corrected chi connectivity index (χ2v) is 8.07. The summed E-state index contributed by atoms with van der Waals surface area (Å²) in [6.45, 7) is 9.57. The van der Waals surface area contributed by atoms with Crippen LogP contribution in [0.1, 0.15) is 22.4 Å². The summed E-state index contributed by atoms with van der Waals surface area (Å²) < 4.78 is 0. The molecule has 2 heterocycles. The van der Waals surface area contributed by atoms with Crippen molar-refractivity contribution in [2.24, 2.45) is 0 Å². The number of nitrogens with one attached hydrogen (secondary N) is 1. The Labute approximate surface area is 183 Å². The topological polar surface area (TPSA) is 61.4 Å². The van der Waals surface area contributed by atoms with Gasteiger partial charge >= 0.3 is 6.03 Å². The standard InChI is InChI=1S/C25H29N5O/c1-18-9-11-22(12-10-18)23-27-20(3)19(2)24(28-23)29-13-15-30(16-14-29)25(31)26-17-21-7-5-4-6-8-21/h4-12H,13-17H2,1-3H3,(H,26,31). The van der Waals surface area contributed by atoms with Gasteiger partial charge in [-0.1, -0.05) is 60.2 Å². The average molecular weight is 416 g/mol. The molecule has 4 rings (SSSR count). The van der Waals surface area contributed by atoms with Gasteiger partial charge in [0, 0.05) is 49.5 Å². The minimum Gasteiger partial charge on any atom is -0.353 e. The van der Waals surface area contributed by atoms with Gasteiger partial charge in [0.05, 0.1) is 0 Å². The van der Waals surface area contributed by atoms with Crippen molar-refractivity contribution in [3.63, 3.8) is 0 Å². The van der Waals surface area contributed by atoms with Crippen molar-refractivity contribution < 1.29 is 4.79 Å². The lowest BCUT2D eigenvalue weighted by Gasteiger charge is -2.36. The summed E-state index contributed by atoms with van der Waals surface area (Å²) >= 11 is 0. The molecule has 1 aliphatic rings. The van der Waals surface area contributed by atoms with E-state index in [0.717, 1.165) is 47.1 Å². The van der Waals surface area contributed by atoms with E-state index in [9.17, 15) is 4.79 Å². The van der Waals surface area contributed by atoms with Crippen molar-refractivity contribution in [1.29, 1.82) is 0 Å². The molecule has 1 saturated heterocycles. The zero-order valence-electron chi connectivity index (χ0n) is 18.4. The summed E-state index contributed by atoms with van der Waals surface area (Å²) in [6, 6.07) is 18.3. The second kappa shape index (κ2) is 9.16. The average Bonchev–Trinajstić information content (AvgIpc) is 2.80. The maximum absolute atomic E-state index is 12.6. The van der Waals surface area contributed by atoms with Crippen LogP contribution in [0.15, 0.2) is 54.6 Å². The van der Waals surface area contributed by atoms with Gasteiger partial charge in [-0.05, 0) is 26.3 Å². The third-order valence-corrected chi connectivity index (χ3v) is 5.83. The molecule has 0 bridgehead atoms. The smallest absolute Gasteiger partial charge is 0.317 e. The first kappa shape index (κ1) is 20.8. The fourth-order valence-electron chi connectivity index (χ4n) is 3.76. The number of hydrogen-bond donors (Lipinski definition) is 1. The van der Waals surface area contributed by atoms with Crippen LogP contribution in [0.5, 0.6) is 0 Å². The number of anilines is 1. The fraction of sp³-hybridized carbons (Fsp3) is 0.320. The van der Waals surface area contributed by atoms with E-state index in [1.807, 2.05) is 42.2 Å². The predicted molar refractivity (Wildman–Crippen MR) is 124 cm³/mol. The molecule has 0 spiro atoms. The fourth-order valence-corrected chi connectivity index (χ4v) is 3.76. The van der Waals surface area contributed by atoms with Crippen LogP contribution in [0.25, 0.3) is 11.4 Å². The molecule has 1 aliphatic heterocycles. The molecule has 2 aromatic carbocycles. The number of aromatic nitrogens is 2. The quantitative estimate of drug-likeness (QED) is 0.697. The highest BCUT2D eigenvalue weighted by Gasteiger charge is 2.24. The number of nitrogens with zero attached hydrogens (tertiary/aromatic N) is 4. The third kappa shape index (κ3) is 4.85. The Hall–Kier alpha value is -3.41. The van der Waals surface area contributed by atoms with Crippen molar-refractivity contribution in [3.8, 4) is 11.4 Å². The molecule has 6 nitrogen and oxygen atoms in total. The Morgan fingerprint density at radius 2 is 1.58 bits per heavy atom. The molecule has 160 valence electrons. The maximum Gasteiger partial charge on any atom is 0.317 e. The van der Waals surface area contributed by atoms with Crippen LogP contribution >= 0.6 is 0 Å². The summed E-state index contributed by atoms with van der Waals surface area (Å²) in [5.74, 6) is 1.72. The first-order valence-electron chi connectivity index (χ1n) is 10.7. The molecule has 0 saturated carbocycles. The number of urea groups is 1. The van der Waals surface area contributed by atoms with Gasteiger partial charge in [-0.15, -0.1) is 0 Å². The summed E-state index contributed by atoms with van der Waals surface area (Å²) in [5.41, 5.74) is 5.43. The van der Waals surface area contributed by atoms with Crippen molar-refractivity contribution in [3.05, 3.63) is 77.0 Å². The van der Waals surface area contributed by atoms with Crippen LogP contribution in [0.2, 0.25) is 0 Å². The van der Waals surface area contributed by atoms with E-state index in [1.54, 1.807) is 0 Å². The molecule has 0 unspecified atom stereocenters.